The van der Waals surface area contributed by atoms with Gasteiger partial charge in [0.05, 0.1) is 17.2 Å². The van der Waals surface area contributed by atoms with Crippen molar-refractivity contribution in [1.29, 1.82) is 0 Å². The van der Waals surface area contributed by atoms with Crippen LogP contribution in [0.2, 0.25) is 5.02 Å². The summed E-state index contributed by atoms with van der Waals surface area (Å²) in [5.74, 6) is -1.17. The van der Waals surface area contributed by atoms with Crippen LogP contribution in [0, 0.1) is 12.8 Å². The van der Waals surface area contributed by atoms with E-state index >= 15 is 0 Å². The number of nitrogens with one attached hydrogen (secondary N) is 2. The summed E-state index contributed by atoms with van der Waals surface area (Å²) in [7, 11) is 0. The van der Waals surface area contributed by atoms with E-state index in [1.54, 1.807) is 41.3 Å². The molecular weight excluding hydrogens is 378 g/mol. The predicted molar refractivity (Wildman–Crippen MR) is 110 cm³/mol. The Kier molecular flexibility index (Phi) is 5.99. The van der Waals surface area contributed by atoms with Crippen LogP contribution >= 0.6 is 11.6 Å². The minimum Gasteiger partial charge on any atom is -0.352 e. The third kappa shape index (κ3) is 4.02. The van der Waals surface area contributed by atoms with Gasteiger partial charge < -0.3 is 15.5 Å². The molecule has 1 fully saturated rings. The minimum atomic E-state index is -0.506. The van der Waals surface area contributed by atoms with E-state index in [0.717, 1.165) is 11.3 Å². The van der Waals surface area contributed by atoms with Crippen LogP contribution in [-0.2, 0) is 9.59 Å². The van der Waals surface area contributed by atoms with Gasteiger partial charge in [0.2, 0.25) is 11.8 Å². The van der Waals surface area contributed by atoms with Gasteiger partial charge in [-0.15, -0.1) is 0 Å². The Morgan fingerprint density at radius 3 is 2.68 bits per heavy atom. The fraction of sp³-hybridized carbons (Fsp3) is 0.286. The van der Waals surface area contributed by atoms with Crippen LogP contribution in [0.15, 0.2) is 42.5 Å². The maximum atomic E-state index is 12.8. The minimum absolute atomic E-state index is 0.112. The third-order valence-corrected chi connectivity index (χ3v) is 5.20. The molecule has 7 heteroatoms. The zero-order chi connectivity index (χ0) is 20.3. The van der Waals surface area contributed by atoms with Crippen molar-refractivity contribution in [2.24, 2.45) is 5.92 Å². The molecule has 0 spiro atoms. The van der Waals surface area contributed by atoms with E-state index < -0.39 is 5.92 Å². The van der Waals surface area contributed by atoms with Gasteiger partial charge >= 0.3 is 0 Å². The summed E-state index contributed by atoms with van der Waals surface area (Å²) in [6.07, 6.45) is 0.112. The van der Waals surface area contributed by atoms with Crippen LogP contribution in [0.5, 0.6) is 0 Å². The molecule has 1 aliphatic heterocycles. The van der Waals surface area contributed by atoms with E-state index in [4.69, 9.17) is 11.6 Å². The van der Waals surface area contributed by atoms with Crippen molar-refractivity contribution in [1.82, 2.24) is 5.32 Å². The van der Waals surface area contributed by atoms with Gasteiger partial charge in [-0.3, -0.25) is 14.4 Å². The Balaban J connectivity index is 1.76. The molecule has 0 aliphatic carbocycles. The van der Waals surface area contributed by atoms with Crippen LogP contribution in [0.25, 0.3) is 0 Å². The number of benzene rings is 2. The SMILES string of the molecule is CCNC(=O)c1ccccc1NC(=O)[C@H]1CC(=O)N(c2cccc(Cl)c2C)C1. The lowest BCUT2D eigenvalue weighted by atomic mass is 10.1. The summed E-state index contributed by atoms with van der Waals surface area (Å²) < 4.78 is 0. The molecule has 3 rings (SSSR count). The lowest BCUT2D eigenvalue weighted by Gasteiger charge is -2.20. The Morgan fingerprint density at radius 2 is 1.93 bits per heavy atom. The number of carbonyl (C=O) groups excluding carboxylic acids is 3. The van der Waals surface area contributed by atoms with Crippen molar-refractivity contribution >= 4 is 40.7 Å². The first-order valence-electron chi connectivity index (χ1n) is 9.16. The Bertz CT molecular complexity index is 929. The van der Waals surface area contributed by atoms with Gasteiger partial charge in [0, 0.05) is 30.2 Å². The number of halogens is 1. The number of nitrogens with zero attached hydrogens (tertiary/aromatic N) is 1. The number of hydrogen-bond donors (Lipinski definition) is 2. The van der Waals surface area contributed by atoms with Crippen LogP contribution in [0.4, 0.5) is 11.4 Å². The molecule has 2 aromatic rings. The fourth-order valence-electron chi connectivity index (χ4n) is 3.29. The summed E-state index contributed by atoms with van der Waals surface area (Å²) in [6, 6.07) is 12.2. The molecular formula is C21H22ClN3O3. The first-order valence-corrected chi connectivity index (χ1v) is 9.53. The zero-order valence-corrected chi connectivity index (χ0v) is 16.5. The van der Waals surface area contributed by atoms with E-state index in [1.165, 1.54) is 0 Å². The third-order valence-electron chi connectivity index (χ3n) is 4.79. The van der Waals surface area contributed by atoms with E-state index in [0.29, 0.717) is 22.8 Å². The summed E-state index contributed by atoms with van der Waals surface area (Å²) >= 11 is 6.16. The Morgan fingerprint density at radius 1 is 1.18 bits per heavy atom. The lowest BCUT2D eigenvalue weighted by molar-refractivity contribution is -0.122. The number of carbonyl (C=O) groups is 3. The van der Waals surface area contributed by atoms with Crippen molar-refractivity contribution < 1.29 is 14.4 Å². The van der Waals surface area contributed by atoms with Crippen molar-refractivity contribution in [3.05, 3.63) is 58.6 Å². The van der Waals surface area contributed by atoms with E-state index in [2.05, 4.69) is 10.6 Å². The van der Waals surface area contributed by atoms with Crippen LogP contribution in [-0.4, -0.2) is 30.8 Å². The smallest absolute Gasteiger partial charge is 0.253 e. The molecule has 2 N–H and O–H groups in total. The molecule has 0 radical (unpaired) electrons. The number of hydrogen-bond acceptors (Lipinski definition) is 3. The van der Waals surface area contributed by atoms with E-state index in [-0.39, 0.29) is 30.7 Å². The number of anilines is 2. The highest BCUT2D eigenvalue weighted by molar-refractivity contribution is 6.31. The molecule has 0 unspecified atom stereocenters. The van der Waals surface area contributed by atoms with Gasteiger partial charge in [0.1, 0.15) is 0 Å². The van der Waals surface area contributed by atoms with Gasteiger partial charge in [0.15, 0.2) is 0 Å². The second kappa shape index (κ2) is 8.44. The van der Waals surface area contributed by atoms with Crippen LogP contribution in [0.3, 0.4) is 0 Å². The van der Waals surface area contributed by atoms with Gasteiger partial charge in [-0.25, -0.2) is 0 Å². The molecule has 6 nitrogen and oxygen atoms in total. The number of rotatable bonds is 5. The molecule has 2 aromatic carbocycles. The lowest BCUT2D eigenvalue weighted by Crippen LogP contribution is -2.29. The van der Waals surface area contributed by atoms with Gasteiger partial charge in [-0.2, -0.15) is 0 Å². The average molecular weight is 400 g/mol. The molecule has 146 valence electrons. The molecule has 1 saturated heterocycles. The van der Waals surface area contributed by atoms with Crippen molar-refractivity contribution in [2.45, 2.75) is 20.3 Å². The summed E-state index contributed by atoms with van der Waals surface area (Å²) in [4.78, 5) is 39.1. The van der Waals surface area contributed by atoms with Crippen LogP contribution in [0.1, 0.15) is 29.3 Å². The van der Waals surface area contributed by atoms with Crippen molar-refractivity contribution in [2.75, 3.05) is 23.3 Å². The van der Waals surface area contributed by atoms with E-state index in [9.17, 15) is 14.4 Å². The molecule has 0 aromatic heterocycles. The molecule has 0 saturated carbocycles. The number of para-hydroxylation sites is 1. The van der Waals surface area contributed by atoms with E-state index in [1.807, 2.05) is 19.9 Å². The summed E-state index contributed by atoms with van der Waals surface area (Å²) in [5, 5.41) is 6.11. The molecule has 1 atom stereocenters. The highest BCUT2D eigenvalue weighted by Crippen LogP contribution is 2.32. The summed E-state index contributed by atoms with van der Waals surface area (Å²) in [5.41, 5.74) is 2.35. The van der Waals surface area contributed by atoms with Crippen molar-refractivity contribution in [3.63, 3.8) is 0 Å². The van der Waals surface area contributed by atoms with Crippen molar-refractivity contribution in [3.8, 4) is 0 Å². The topological polar surface area (TPSA) is 78.5 Å². The molecule has 0 bridgehead atoms. The standard InChI is InChI=1S/C21H22ClN3O3/c1-3-23-21(28)15-7-4-5-9-17(15)24-20(27)14-11-19(26)25(12-14)18-10-6-8-16(22)13(18)2/h4-10,14H,3,11-12H2,1-2H3,(H,23,28)(H,24,27)/t14-/m0/s1. The molecule has 1 heterocycles. The largest absolute Gasteiger partial charge is 0.352 e. The Labute approximate surface area is 168 Å². The fourth-order valence-corrected chi connectivity index (χ4v) is 3.45. The highest BCUT2D eigenvalue weighted by atomic mass is 35.5. The van der Waals surface area contributed by atoms with Gasteiger partial charge in [-0.05, 0) is 43.7 Å². The average Bonchev–Trinajstić information content (AvgIpc) is 3.06. The Hall–Kier alpha value is -2.86. The second-order valence-electron chi connectivity index (χ2n) is 6.68. The van der Waals surface area contributed by atoms with Gasteiger partial charge in [-0.1, -0.05) is 29.8 Å². The monoisotopic (exact) mass is 399 g/mol. The first-order chi connectivity index (χ1) is 13.4. The maximum Gasteiger partial charge on any atom is 0.253 e. The quantitative estimate of drug-likeness (QED) is 0.808. The van der Waals surface area contributed by atoms with Crippen LogP contribution < -0.4 is 15.5 Å². The zero-order valence-electron chi connectivity index (χ0n) is 15.8. The predicted octanol–water partition coefficient (Wildman–Crippen LogP) is 3.39. The van der Waals surface area contributed by atoms with Gasteiger partial charge in [0.25, 0.3) is 5.91 Å². The molecule has 1 aliphatic rings. The number of amides is 3. The molecule has 28 heavy (non-hydrogen) atoms. The first kappa shape index (κ1) is 19.9. The molecule has 3 amide bonds. The maximum absolute atomic E-state index is 12.8. The second-order valence-corrected chi connectivity index (χ2v) is 7.09. The highest BCUT2D eigenvalue weighted by Gasteiger charge is 2.36. The summed E-state index contributed by atoms with van der Waals surface area (Å²) in [6.45, 7) is 4.44. The normalized spacial score (nSPS) is 16.2.